The summed E-state index contributed by atoms with van der Waals surface area (Å²) >= 11 is 0. The summed E-state index contributed by atoms with van der Waals surface area (Å²) < 4.78 is 0. The molecule has 1 amide bonds. The molecule has 3 fully saturated rings. The summed E-state index contributed by atoms with van der Waals surface area (Å²) in [6, 6.07) is 8.18. The molecule has 22 heavy (non-hydrogen) atoms. The van der Waals surface area contributed by atoms with Gasteiger partial charge in [0.25, 0.3) is 0 Å². The van der Waals surface area contributed by atoms with Gasteiger partial charge in [0.05, 0.1) is 5.69 Å². The zero-order valence-corrected chi connectivity index (χ0v) is 13.2. The molecule has 1 aliphatic carbocycles. The van der Waals surface area contributed by atoms with Gasteiger partial charge in [-0.3, -0.25) is 9.79 Å². The Morgan fingerprint density at radius 2 is 1.68 bits per heavy atom. The highest BCUT2D eigenvalue weighted by atomic mass is 16.2. The van der Waals surface area contributed by atoms with Crippen LogP contribution in [0, 0.1) is 11.8 Å². The molecule has 1 aromatic rings. The molecule has 0 unspecified atom stereocenters. The first kappa shape index (κ1) is 13.8. The van der Waals surface area contributed by atoms with Gasteiger partial charge in [0, 0.05) is 25.7 Å². The molecule has 1 aromatic carbocycles. The van der Waals surface area contributed by atoms with Crippen molar-refractivity contribution in [1.82, 2.24) is 4.90 Å². The van der Waals surface area contributed by atoms with Crippen LogP contribution < -0.4 is 4.90 Å². The minimum atomic E-state index is 0.0697. The standard InChI is InChI=1S/C18H23N3O/c1-20-16-5-3-2-4-15(16)18(19-10-17(20)22)21-11-13-6-7-14(12-21)9-8-13/h2-5,13-14H,6-12H2,1H3. The van der Waals surface area contributed by atoms with Gasteiger partial charge in [-0.2, -0.15) is 0 Å². The molecular weight excluding hydrogens is 274 g/mol. The largest absolute Gasteiger partial charge is 0.356 e. The Labute approximate surface area is 131 Å². The second-order valence-corrected chi connectivity index (χ2v) is 6.90. The van der Waals surface area contributed by atoms with E-state index in [2.05, 4.69) is 11.0 Å². The number of fused-ring (bicyclic) bond motifs is 5. The van der Waals surface area contributed by atoms with Gasteiger partial charge in [-0.25, -0.2) is 0 Å². The molecule has 2 saturated heterocycles. The van der Waals surface area contributed by atoms with Gasteiger partial charge in [-0.1, -0.05) is 12.1 Å². The van der Waals surface area contributed by atoms with E-state index in [1.165, 1.54) is 25.7 Å². The predicted octanol–water partition coefficient (Wildman–Crippen LogP) is 2.53. The highest BCUT2D eigenvalue weighted by Crippen LogP contribution is 2.35. The first-order chi connectivity index (χ1) is 10.7. The summed E-state index contributed by atoms with van der Waals surface area (Å²) in [5.41, 5.74) is 2.09. The third-order valence-corrected chi connectivity index (χ3v) is 5.47. The average Bonchev–Trinajstić information content (AvgIpc) is 2.92. The van der Waals surface area contributed by atoms with Crippen LogP contribution in [0.2, 0.25) is 0 Å². The fraction of sp³-hybridized carbons (Fsp3) is 0.556. The number of amidine groups is 1. The topological polar surface area (TPSA) is 35.9 Å². The number of aliphatic imine (C=N–C) groups is 1. The van der Waals surface area contributed by atoms with Crippen molar-refractivity contribution < 1.29 is 4.79 Å². The van der Waals surface area contributed by atoms with Crippen molar-refractivity contribution in [3.05, 3.63) is 29.8 Å². The molecule has 4 nitrogen and oxygen atoms in total. The molecule has 3 aliphatic heterocycles. The first-order valence-electron chi connectivity index (χ1n) is 8.37. The molecule has 3 heterocycles. The molecule has 5 rings (SSSR count). The van der Waals surface area contributed by atoms with E-state index in [0.717, 1.165) is 42.0 Å². The molecular formula is C18H23N3O. The summed E-state index contributed by atoms with van der Waals surface area (Å²) in [7, 11) is 1.85. The summed E-state index contributed by atoms with van der Waals surface area (Å²) in [4.78, 5) is 21.1. The van der Waals surface area contributed by atoms with Gasteiger partial charge < -0.3 is 9.80 Å². The number of carbonyl (C=O) groups excluding carboxylic acids is 1. The van der Waals surface area contributed by atoms with Gasteiger partial charge in [-0.05, 0) is 49.7 Å². The Kier molecular flexibility index (Phi) is 3.40. The molecule has 2 bridgehead atoms. The number of carbonyl (C=O) groups is 1. The molecule has 0 N–H and O–H groups in total. The van der Waals surface area contributed by atoms with Gasteiger partial charge in [0.15, 0.2) is 0 Å². The number of hydrogen-bond donors (Lipinski definition) is 0. The van der Waals surface area contributed by atoms with Gasteiger partial charge in [-0.15, -0.1) is 0 Å². The SMILES string of the molecule is CN1C(=O)CN=C(N2CC3CCC(CC3)C2)c2ccccc21. The van der Waals surface area contributed by atoms with Crippen LogP contribution in [0.4, 0.5) is 5.69 Å². The van der Waals surface area contributed by atoms with Crippen LogP contribution in [0.3, 0.4) is 0 Å². The van der Waals surface area contributed by atoms with Crippen LogP contribution in [0.15, 0.2) is 29.3 Å². The van der Waals surface area contributed by atoms with E-state index >= 15 is 0 Å². The van der Waals surface area contributed by atoms with E-state index in [1.807, 2.05) is 25.2 Å². The van der Waals surface area contributed by atoms with Crippen molar-refractivity contribution in [2.24, 2.45) is 16.8 Å². The Hall–Kier alpha value is -1.84. The fourth-order valence-electron chi connectivity index (χ4n) is 4.16. The zero-order valence-electron chi connectivity index (χ0n) is 13.2. The highest BCUT2D eigenvalue weighted by molar-refractivity contribution is 6.10. The third-order valence-electron chi connectivity index (χ3n) is 5.47. The lowest BCUT2D eigenvalue weighted by Crippen LogP contribution is -2.35. The van der Waals surface area contributed by atoms with Crippen LogP contribution in [0.1, 0.15) is 31.2 Å². The third kappa shape index (κ3) is 2.31. The zero-order chi connectivity index (χ0) is 15.1. The van der Waals surface area contributed by atoms with Gasteiger partial charge in [0.1, 0.15) is 12.4 Å². The van der Waals surface area contributed by atoms with Gasteiger partial charge in [0.2, 0.25) is 5.91 Å². The van der Waals surface area contributed by atoms with Crippen molar-refractivity contribution in [1.29, 1.82) is 0 Å². The number of hydrogen-bond acceptors (Lipinski definition) is 3. The van der Waals surface area contributed by atoms with Crippen molar-refractivity contribution in [2.75, 3.05) is 31.6 Å². The Balaban J connectivity index is 1.74. The molecule has 1 saturated carbocycles. The first-order valence-corrected chi connectivity index (χ1v) is 8.37. The summed E-state index contributed by atoms with van der Waals surface area (Å²) in [6.45, 7) is 2.45. The van der Waals surface area contributed by atoms with Crippen molar-refractivity contribution in [3.63, 3.8) is 0 Å². The minimum absolute atomic E-state index is 0.0697. The predicted molar refractivity (Wildman–Crippen MR) is 88.3 cm³/mol. The molecule has 4 heteroatoms. The summed E-state index contributed by atoms with van der Waals surface area (Å²) in [6.07, 6.45) is 5.42. The number of anilines is 1. The Morgan fingerprint density at radius 3 is 2.36 bits per heavy atom. The quantitative estimate of drug-likeness (QED) is 0.738. The normalized spacial score (nSPS) is 28.0. The summed E-state index contributed by atoms with van der Waals surface area (Å²) in [5, 5.41) is 0. The van der Waals surface area contributed by atoms with Crippen LogP contribution >= 0.6 is 0 Å². The lowest BCUT2D eigenvalue weighted by atomic mass is 9.84. The number of nitrogens with zero attached hydrogens (tertiary/aromatic N) is 3. The van der Waals surface area contributed by atoms with E-state index in [1.54, 1.807) is 4.90 Å². The smallest absolute Gasteiger partial charge is 0.248 e. The lowest BCUT2D eigenvalue weighted by molar-refractivity contribution is -0.116. The van der Waals surface area contributed by atoms with Crippen LogP contribution in [-0.2, 0) is 4.79 Å². The summed E-state index contributed by atoms with van der Waals surface area (Å²) in [5.74, 6) is 2.70. The fourth-order valence-corrected chi connectivity index (χ4v) is 4.16. The Bertz CT molecular complexity index is 603. The molecule has 0 aromatic heterocycles. The van der Waals surface area contributed by atoms with E-state index in [-0.39, 0.29) is 12.5 Å². The second-order valence-electron chi connectivity index (χ2n) is 6.90. The van der Waals surface area contributed by atoms with E-state index < -0.39 is 0 Å². The van der Waals surface area contributed by atoms with Crippen molar-refractivity contribution >= 4 is 17.4 Å². The van der Waals surface area contributed by atoms with E-state index in [4.69, 9.17) is 4.99 Å². The maximum Gasteiger partial charge on any atom is 0.248 e. The Morgan fingerprint density at radius 1 is 1.05 bits per heavy atom. The number of benzodiazepines with no additional fused rings is 1. The van der Waals surface area contributed by atoms with Crippen LogP contribution in [0.25, 0.3) is 0 Å². The van der Waals surface area contributed by atoms with Crippen LogP contribution in [0.5, 0.6) is 0 Å². The number of rotatable bonds is 0. The molecule has 0 radical (unpaired) electrons. The number of para-hydroxylation sites is 1. The van der Waals surface area contributed by atoms with E-state index in [9.17, 15) is 4.79 Å². The molecule has 4 aliphatic rings. The van der Waals surface area contributed by atoms with Crippen LogP contribution in [-0.4, -0.2) is 43.3 Å². The molecule has 0 atom stereocenters. The van der Waals surface area contributed by atoms with Crippen molar-refractivity contribution in [3.8, 4) is 0 Å². The maximum absolute atomic E-state index is 12.2. The average molecular weight is 297 g/mol. The minimum Gasteiger partial charge on any atom is -0.356 e. The monoisotopic (exact) mass is 297 g/mol. The van der Waals surface area contributed by atoms with E-state index in [0.29, 0.717) is 0 Å². The lowest BCUT2D eigenvalue weighted by Gasteiger charge is -2.27. The molecule has 0 spiro atoms. The maximum atomic E-state index is 12.2. The highest BCUT2D eigenvalue weighted by Gasteiger charge is 2.33. The van der Waals surface area contributed by atoms with Crippen molar-refractivity contribution in [2.45, 2.75) is 25.7 Å². The second kappa shape index (κ2) is 5.41. The number of likely N-dealkylation sites (N-methyl/N-ethyl adjacent to an activating group) is 1. The number of benzene rings is 1. The number of amides is 1. The van der Waals surface area contributed by atoms with Gasteiger partial charge >= 0.3 is 0 Å². The molecule has 116 valence electrons.